The van der Waals surface area contributed by atoms with Gasteiger partial charge in [-0.05, 0) is 12.3 Å². The zero-order chi connectivity index (χ0) is 13.4. The van der Waals surface area contributed by atoms with Crippen LogP contribution in [0.2, 0.25) is 0 Å². The van der Waals surface area contributed by atoms with Crippen LogP contribution in [0.1, 0.15) is 20.3 Å². The molecule has 0 spiro atoms. The Morgan fingerprint density at radius 3 is 2.35 bits per heavy atom. The highest BCUT2D eigenvalue weighted by molar-refractivity contribution is 7.84. The fourth-order valence-electron chi connectivity index (χ4n) is 1.18. The maximum atomic E-state index is 11.3. The number of carbonyl (C=O) groups is 2. The van der Waals surface area contributed by atoms with E-state index >= 15 is 0 Å². The molecule has 0 aromatic rings. The first kappa shape index (κ1) is 15.9. The van der Waals surface area contributed by atoms with E-state index in [4.69, 9.17) is 5.11 Å². The first-order valence-electron chi connectivity index (χ1n) is 5.41. The monoisotopic (exact) mass is 264 g/mol. The molecule has 7 heteroatoms. The summed E-state index contributed by atoms with van der Waals surface area (Å²) in [6.07, 6.45) is 2.20. The normalized spacial score (nSPS) is 14.1. The highest BCUT2D eigenvalue weighted by atomic mass is 32.2. The van der Waals surface area contributed by atoms with Crippen LogP contribution < -0.4 is 10.6 Å². The third kappa shape index (κ3) is 7.73. The second kappa shape index (κ2) is 8.05. The molecule has 0 rings (SSSR count). The van der Waals surface area contributed by atoms with Crippen LogP contribution >= 0.6 is 0 Å². The van der Waals surface area contributed by atoms with Crippen molar-refractivity contribution in [1.82, 2.24) is 10.6 Å². The number of carbonyl (C=O) groups excluding carboxylic acids is 1. The van der Waals surface area contributed by atoms with Crippen molar-refractivity contribution in [1.29, 1.82) is 0 Å². The van der Waals surface area contributed by atoms with Gasteiger partial charge in [0.25, 0.3) is 0 Å². The van der Waals surface area contributed by atoms with Crippen LogP contribution in [-0.4, -0.2) is 45.9 Å². The maximum absolute atomic E-state index is 11.3. The standard InChI is InChI=1S/C10H20N2O4S/c1-7(2)8(9(13)14)12-10(15)11-5-4-6-17(3)16/h7-8H,4-6H2,1-3H3,(H,13,14)(H2,11,12,15)/t8-,17?/m0/s1. The Labute approximate surface area is 104 Å². The predicted octanol–water partition coefficient (Wildman–Crippen LogP) is 0.163. The van der Waals surface area contributed by atoms with Gasteiger partial charge in [0.2, 0.25) is 0 Å². The number of hydrogen-bond donors (Lipinski definition) is 3. The minimum absolute atomic E-state index is 0.179. The van der Waals surface area contributed by atoms with Crippen molar-refractivity contribution in [2.45, 2.75) is 26.3 Å². The molecule has 3 N–H and O–H groups in total. The smallest absolute Gasteiger partial charge is 0.326 e. The number of urea groups is 1. The van der Waals surface area contributed by atoms with Gasteiger partial charge in [0, 0.05) is 29.4 Å². The van der Waals surface area contributed by atoms with Crippen LogP contribution in [0.4, 0.5) is 4.79 Å². The van der Waals surface area contributed by atoms with E-state index in [0.29, 0.717) is 18.7 Å². The third-order valence-corrected chi connectivity index (χ3v) is 2.98. The number of carboxylic acids is 1. The zero-order valence-electron chi connectivity index (χ0n) is 10.4. The van der Waals surface area contributed by atoms with Crippen LogP contribution in [0.15, 0.2) is 0 Å². The van der Waals surface area contributed by atoms with Crippen LogP contribution in [0.3, 0.4) is 0 Å². The van der Waals surface area contributed by atoms with Gasteiger partial charge in [-0.2, -0.15) is 0 Å². The Morgan fingerprint density at radius 1 is 1.35 bits per heavy atom. The fourth-order valence-corrected chi connectivity index (χ4v) is 1.73. The van der Waals surface area contributed by atoms with E-state index in [1.165, 1.54) is 0 Å². The summed E-state index contributed by atoms with van der Waals surface area (Å²) in [6, 6.07) is -1.40. The number of carboxylic acid groups (broad SMARTS) is 1. The van der Waals surface area contributed by atoms with Gasteiger partial charge in [-0.3, -0.25) is 4.21 Å². The van der Waals surface area contributed by atoms with E-state index in [9.17, 15) is 13.8 Å². The van der Waals surface area contributed by atoms with Gasteiger partial charge in [-0.15, -0.1) is 0 Å². The van der Waals surface area contributed by atoms with Gasteiger partial charge in [0.15, 0.2) is 0 Å². The maximum Gasteiger partial charge on any atom is 0.326 e. The van der Waals surface area contributed by atoms with Crippen molar-refractivity contribution in [3.63, 3.8) is 0 Å². The second-order valence-electron chi connectivity index (χ2n) is 4.09. The van der Waals surface area contributed by atoms with Gasteiger partial charge in [-0.25, -0.2) is 9.59 Å². The minimum Gasteiger partial charge on any atom is -0.480 e. The zero-order valence-corrected chi connectivity index (χ0v) is 11.2. The summed E-state index contributed by atoms with van der Waals surface area (Å²) in [5.74, 6) is -0.710. The SMILES string of the molecule is CC(C)[C@H](NC(=O)NCCCS(C)=O)C(=O)O. The highest BCUT2D eigenvalue weighted by Gasteiger charge is 2.22. The molecule has 17 heavy (non-hydrogen) atoms. The molecule has 0 aliphatic carbocycles. The Balaban J connectivity index is 3.91. The summed E-state index contributed by atoms with van der Waals surface area (Å²) >= 11 is 0. The predicted molar refractivity (Wildman–Crippen MR) is 66.3 cm³/mol. The molecular formula is C10H20N2O4S. The lowest BCUT2D eigenvalue weighted by atomic mass is 10.1. The second-order valence-corrected chi connectivity index (χ2v) is 5.65. The van der Waals surface area contributed by atoms with Crippen LogP contribution in [0.5, 0.6) is 0 Å². The lowest BCUT2D eigenvalue weighted by Crippen LogP contribution is -2.48. The van der Waals surface area contributed by atoms with E-state index in [1.807, 2.05) is 0 Å². The van der Waals surface area contributed by atoms with Gasteiger partial charge in [0.1, 0.15) is 6.04 Å². The molecule has 1 unspecified atom stereocenters. The lowest BCUT2D eigenvalue weighted by molar-refractivity contribution is -0.140. The van der Waals surface area contributed by atoms with Crippen molar-refractivity contribution in [2.24, 2.45) is 5.92 Å². The molecule has 0 aromatic heterocycles. The van der Waals surface area contributed by atoms with E-state index in [0.717, 1.165) is 0 Å². The van der Waals surface area contributed by atoms with Crippen molar-refractivity contribution in [2.75, 3.05) is 18.6 Å². The summed E-state index contributed by atoms with van der Waals surface area (Å²) in [7, 11) is -0.871. The average Bonchev–Trinajstić information content (AvgIpc) is 2.19. The molecule has 6 nitrogen and oxygen atoms in total. The molecule has 2 amide bonds. The van der Waals surface area contributed by atoms with E-state index in [1.54, 1.807) is 20.1 Å². The number of aliphatic carboxylic acids is 1. The lowest BCUT2D eigenvalue weighted by Gasteiger charge is -2.18. The quantitative estimate of drug-likeness (QED) is 0.571. The van der Waals surface area contributed by atoms with Crippen molar-refractivity contribution < 1.29 is 18.9 Å². The molecule has 0 saturated heterocycles. The Kier molecular flexibility index (Phi) is 7.53. The highest BCUT2D eigenvalue weighted by Crippen LogP contribution is 2.01. The average molecular weight is 264 g/mol. The summed E-state index contributed by atoms with van der Waals surface area (Å²) in [4.78, 5) is 22.2. The summed E-state index contributed by atoms with van der Waals surface area (Å²) in [5.41, 5.74) is 0. The Hall–Kier alpha value is -1.11. The van der Waals surface area contributed by atoms with E-state index in [-0.39, 0.29) is 5.92 Å². The summed E-state index contributed by atoms with van der Waals surface area (Å²) < 4.78 is 10.7. The number of hydrogen-bond acceptors (Lipinski definition) is 3. The molecule has 0 saturated carbocycles. The Morgan fingerprint density at radius 2 is 1.94 bits per heavy atom. The molecule has 0 bridgehead atoms. The minimum atomic E-state index is -1.05. The first-order chi connectivity index (χ1) is 7.84. The topological polar surface area (TPSA) is 95.5 Å². The van der Waals surface area contributed by atoms with E-state index in [2.05, 4.69) is 10.6 Å². The molecule has 0 heterocycles. The number of rotatable bonds is 7. The first-order valence-corrected chi connectivity index (χ1v) is 7.14. The Bertz CT molecular complexity index is 294. The molecule has 0 aliphatic rings. The summed E-state index contributed by atoms with van der Waals surface area (Å²) in [5, 5.41) is 13.8. The molecular weight excluding hydrogens is 244 g/mol. The molecule has 0 fully saturated rings. The van der Waals surface area contributed by atoms with Crippen molar-refractivity contribution >= 4 is 22.8 Å². The van der Waals surface area contributed by atoms with Gasteiger partial charge >= 0.3 is 12.0 Å². The molecule has 0 radical (unpaired) electrons. The molecule has 0 aromatic carbocycles. The molecule has 100 valence electrons. The van der Waals surface area contributed by atoms with Gasteiger partial charge < -0.3 is 15.7 Å². The van der Waals surface area contributed by atoms with Crippen LogP contribution in [-0.2, 0) is 15.6 Å². The fraction of sp³-hybridized carbons (Fsp3) is 0.800. The van der Waals surface area contributed by atoms with Crippen LogP contribution in [0.25, 0.3) is 0 Å². The molecule has 2 atom stereocenters. The largest absolute Gasteiger partial charge is 0.480 e. The molecule has 0 aliphatic heterocycles. The van der Waals surface area contributed by atoms with E-state index < -0.39 is 28.8 Å². The van der Waals surface area contributed by atoms with Gasteiger partial charge in [-0.1, -0.05) is 13.8 Å². The van der Waals surface area contributed by atoms with Crippen molar-refractivity contribution in [3.8, 4) is 0 Å². The van der Waals surface area contributed by atoms with Gasteiger partial charge in [0.05, 0.1) is 0 Å². The third-order valence-electron chi connectivity index (χ3n) is 2.11. The van der Waals surface area contributed by atoms with Crippen LogP contribution in [0, 0.1) is 5.92 Å². The summed E-state index contributed by atoms with van der Waals surface area (Å²) in [6.45, 7) is 3.83. The van der Waals surface area contributed by atoms with Crippen molar-refractivity contribution in [3.05, 3.63) is 0 Å². The number of amides is 2. The number of nitrogens with one attached hydrogen (secondary N) is 2.